The highest BCUT2D eigenvalue weighted by Crippen LogP contribution is 2.31. The molecule has 0 saturated heterocycles. The van der Waals surface area contributed by atoms with Gasteiger partial charge in [-0.3, -0.25) is 4.98 Å². The number of carbonyl (C=O) groups excluding carboxylic acids is 1. The summed E-state index contributed by atoms with van der Waals surface area (Å²) in [4.78, 5) is 19.6. The number of esters is 1. The summed E-state index contributed by atoms with van der Waals surface area (Å²) in [5.41, 5.74) is 2.04. The number of hydrogen-bond donors (Lipinski definition) is 2. The lowest BCUT2D eigenvalue weighted by atomic mass is 10.0. The number of ether oxygens (including phenoxy) is 1. The number of H-pyrrole nitrogens is 1. The zero-order valence-electron chi connectivity index (χ0n) is 12.8. The fourth-order valence-corrected chi connectivity index (χ4v) is 2.56. The molecule has 5 nitrogen and oxygen atoms in total. The first-order valence-corrected chi connectivity index (χ1v) is 7.59. The average molecular weight is 310 g/mol. The quantitative estimate of drug-likeness (QED) is 0.710. The molecule has 0 amide bonds. The number of benzene rings is 1. The number of hydrogen-bond acceptors (Lipinski definition) is 4. The number of para-hydroxylation sites is 1. The molecule has 2 aromatic heterocycles. The molecule has 0 bridgehead atoms. The highest BCUT2D eigenvalue weighted by molar-refractivity contribution is 5.98. The molecule has 1 atom stereocenters. The normalized spacial score (nSPS) is 12.3. The topological polar surface area (TPSA) is 75.2 Å². The van der Waals surface area contributed by atoms with Crippen LogP contribution in [0.4, 0.5) is 0 Å². The first kappa shape index (κ1) is 15.2. The van der Waals surface area contributed by atoms with E-state index >= 15 is 0 Å². The number of nitrogens with zero attached hydrogens (tertiary/aromatic N) is 1. The summed E-state index contributed by atoms with van der Waals surface area (Å²) in [6, 6.07) is 12.8. The van der Waals surface area contributed by atoms with Crippen molar-refractivity contribution in [2.45, 2.75) is 19.4 Å². The molecule has 0 aliphatic heterocycles. The maximum absolute atomic E-state index is 12.3. The van der Waals surface area contributed by atoms with Crippen LogP contribution in [-0.4, -0.2) is 27.7 Å². The van der Waals surface area contributed by atoms with Crippen LogP contribution in [0.1, 0.15) is 41.2 Å². The van der Waals surface area contributed by atoms with Crippen LogP contribution in [0, 0.1) is 0 Å². The minimum absolute atomic E-state index is 0.276. The standard InChI is InChI=1S/C18H18N2O3/c1-2-11-23-18(22)16-15(12-7-3-4-8-13(12)20-16)17(21)14-9-5-6-10-19-14/h3-10,17,20-21H,2,11H2,1H3/t17-/m0/s1. The number of fused-ring (bicyclic) bond motifs is 1. The Morgan fingerprint density at radius 3 is 2.78 bits per heavy atom. The van der Waals surface area contributed by atoms with Gasteiger partial charge in [-0.2, -0.15) is 0 Å². The van der Waals surface area contributed by atoms with Crippen LogP contribution < -0.4 is 0 Å². The van der Waals surface area contributed by atoms with Gasteiger partial charge in [-0.05, 0) is 24.6 Å². The Labute approximate surface area is 133 Å². The van der Waals surface area contributed by atoms with E-state index in [0.29, 0.717) is 17.9 Å². The van der Waals surface area contributed by atoms with Crippen LogP contribution in [0.15, 0.2) is 48.7 Å². The van der Waals surface area contributed by atoms with Gasteiger partial charge in [-0.15, -0.1) is 0 Å². The zero-order valence-corrected chi connectivity index (χ0v) is 12.8. The van der Waals surface area contributed by atoms with E-state index in [9.17, 15) is 9.90 Å². The molecule has 3 rings (SSSR count). The van der Waals surface area contributed by atoms with Crippen molar-refractivity contribution in [1.82, 2.24) is 9.97 Å². The predicted octanol–water partition coefficient (Wildman–Crippen LogP) is 3.21. The van der Waals surface area contributed by atoms with Gasteiger partial charge in [0.05, 0.1) is 12.3 Å². The van der Waals surface area contributed by atoms with Gasteiger partial charge in [0.15, 0.2) is 0 Å². The Bertz CT molecular complexity index is 812. The van der Waals surface area contributed by atoms with Crippen LogP contribution in [-0.2, 0) is 4.74 Å². The lowest BCUT2D eigenvalue weighted by molar-refractivity contribution is 0.0494. The number of aromatic nitrogens is 2. The van der Waals surface area contributed by atoms with Crippen LogP contribution in [0.3, 0.4) is 0 Å². The smallest absolute Gasteiger partial charge is 0.355 e. The highest BCUT2D eigenvalue weighted by Gasteiger charge is 2.25. The summed E-state index contributed by atoms with van der Waals surface area (Å²) >= 11 is 0. The van der Waals surface area contributed by atoms with Gasteiger partial charge in [0.1, 0.15) is 11.8 Å². The molecule has 1 aromatic carbocycles. The molecule has 0 aliphatic carbocycles. The second-order valence-corrected chi connectivity index (χ2v) is 5.25. The van der Waals surface area contributed by atoms with E-state index < -0.39 is 12.1 Å². The molecular weight excluding hydrogens is 292 g/mol. The Morgan fingerprint density at radius 2 is 2.04 bits per heavy atom. The molecule has 3 aromatic rings. The third-order valence-corrected chi connectivity index (χ3v) is 3.63. The Hall–Kier alpha value is -2.66. The number of nitrogens with one attached hydrogen (secondary N) is 1. The molecule has 0 fully saturated rings. The first-order valence-electron chi connectivity index (χ1n) is 7.59. The lowest BCUT2D eigenvalue weighted by Crippen LogP contribution is -2.12. The van der Waals surface area contributed by atoms with Crippen molar-refractivity contribution in [3.63, 3.8) is 0 Å². The molecule has 0 aliphatic rings. The summed E-state index contributed by atoms with van der Waals surface area (Å²) < 4.78 is 5.23. The summed E-state index contributed by atoms with van der Waals surface area (Å²) in [7, 11) is 0. The lowest BCUT2D eigenvalue weighted by Gasteiger charge is -2.12. The second kappa shape index (κ2) is 6.62. The molecule has 2 heterocycles. The highest BCUT2D eigenvalue weighted by atomic mass is 16.5. The molecular formula is C18H18N2O3. The molecule has 0 unspecified atom stereocenters. The molecule has 118 valence electrons. The van der Waals surface area contributed by atoms with Gasteiger partial charge >= 0.3 is 5.97 Å². The van der Waals surface area contributed by atoms with Gasteiger partial charge < -0.3 is 14.8 Å². The maximum Gasteiger partial charge on any atom is 0.355 e. The van der Waals surface area contributed by atoms with Crippen molar-refractivity contribution in [2.75, 3.05) is 6.61 Å². The number of pyridine rings is 1. The van der Waals surface area contributed by atoms with Crippen LogP contribution in [0.5, 0.6) is 0 Å². The van der Waals surface area contributed by atoms with Crippen molar-refractivity contribution in [3.05, 3.63) is 65.6 Å². The van der Waals surface area contributed by atoms with E-state index in [1.165, 1.54) is 0 Å². The van der Waals surface area contributed by atoms with E-state index in [4.69, 9.17) is 4.74 Å². The molecule has 0 radical (unpaired) electrons. The van der Waals surface area contributed by atoms with Crippen molar-refractivity contribution in [1.29, 1.82) is 0 Å². The van der Waals surface area contributed by atoms with Gasteiger partial charge in [0.25, 0.3) is 0 Å². The SMILES string of the molecule is CCCOC(=O)c1[nH]c2ccccc2c1[C@@H](O)c1ccccn1. The number of aliphatic hydroxyl groups excluding tert-OH is 1. The van der Waals surface area contributed by atoms with Gasteiger partial charge in [-0.1, -0.05) is 31.2 Å². The second-order valence-electron chi connectivity index (χ2n) is 5.25. The predicted molar refractivity (Wildman–Crippen MR) is 87.2 cm³/mol. The average Bonchev–Trinajstić information content (AvgIpc) is 2.99. The minimum atomic E-state index is -1.00. The summed E-state index contributed by atoms with van der Waals surface area (Å²) in [5, 5.41) is 11.5. The fourth-order valence-electron chi connectivity index (χ4n) is 2.56. The fraction of sp³-hybridized carbons (Fsp3) is 0.222. The maximum atomic E-state index is 12.3. The summed E-state index contributed by atoms with van der Waals surface area (Å²) in [6.07, 6.45) is 1.35. The van der Waals surface area contributed by atoms with Crippen molar-refractivity contribution in [3.8, 4) is 0 Å². The first-order chi connectivity index (χ1) is 11.2. The van der Waals surface area contributed by atoms with Crippen molar-refractivity contribution in [2.24, 2.45) is 0 Å². The summed E-state index contributed by atoms with van der Waals surface area (Å²) in [6.45, 7) is 2.27. The third kappa shape index (κ3) is 2.96. The minimum Gasteiger partial charge on any atom is -0.461 e. The molecule has 0 spiro atoms. The number of carbonyl (C=O) groups is 1. The largest absolute Gasteiger partial charge is 0.461 e. The van der Waals surface area contributed by atoms with Gasteiger partial charge in [-0.25, -0.2) is 4.79 Å². The summed E-state index contributed by atoms with van der Waals surface area (Å²) in [5.74, 6) is -0.465. The van der Waals surface area contributed by atoms with Gasteiger partial charge in [0, 0.05) is 22.7 Å². The van der Waals surface area contributed by atoms with Crippen LogP contribution in [0.2, 0.25) is 0 Å². The molecule has 0 saturated carbocycles. The van der Waals surface area contributed by atoms with E-state index in [1.54, 1.807) is 24.4 Å². The molecule has 23 heavy (non-hydrogen) atoms. The van der Waals surface area contributed by atoms with Crippen LogP contribution >= 0.6 is 0 Å². The van der Waals surface area contributed by atoms with E-state index in [0.717, 1.165) is 17.3 Å². The van der Waals surface area contributed by atoms with E-state index in [-0.39, 0.29) is 5.69 Å². The van der Waals surface area contributed by atoms with Crippen LogP contribution in [0.25, 0.3) is 10.9 Å². The monoisotopic (exact) mass is 310 g/mol. The number of aromatic amines is 1. The molecule has 2 N–H and O–H groups in total. The van der Waals surface area contributed by atoms with E-state index in [2.05, 4.69) is 9.97 Å². The third-order valence-electron chi connectivity index (χ3n) is 3.63. The van der Waals surface area contributed by atoms with Crippen molar-refractivity contribution >= 4 is 16.9 Å². The number of rotatable bonds is 5. The Balaban J connectivity index is 2.11. The van der Waals surface area contributed by atoms with Crippen molar-refractivity contribution < 1.29 is 14.6 Å². The molecule has 5 heteroatoms. The van der Waals surface area contributed by atoms with Gasteiger partial charge in [0.2, 0.25) is 0 Å². The zero-order chi connectivity index (χ0) is 16.2. The Morgan fingerprint density at radius 1 is 1.26 bits per heavy atom. The number of aliphatic hydroxyl groups is 1. The van der Waals surface area contributed by atoms with E-state index in [1.807, 2.05) is 31.2 Å². The Kier molecular flexibility index (Phi) is 4.39.